The van der Waals surface area contributed by atoms with Gasteiger partial charge < -0.3 is 15.0 Å². The Labute approximate surface area is 136 Å². The normalized spacial score (nSPS) is 10.3. The average Bonchev–Trinajstić information content (AvgIpc) is 2.47. The molecule has 126 valence electrons. The van der Waals surface area contributed by atoms with Crippen LogP contribution >= 0.6 is 0 Å². The van der Waals surface area contributed by atoms with Crippen LogP contribution in [0.15, 0.2) is 24.3 Å². The van der Waals surface area contributed by atoms with E-state index >= 15 is 0 Å². The summed E-state index contributed by atoms with van der Waals surface area (Å²) in [7, 11) is 0. The molecule has 0 aliphatic rings. The van der Waals surface area contributed by atoms with Crippen molar-refractivity contribution in [3.05, 3.63) is 29.8 Å². The van der Waals surface area contributed by atoms with Gasteiger partial charge in [0.1, 0.15) is 0 Å². The Kier molecular flexibility index (Phi) is 7.25. The number of carbonyl (C=O) groups excluding carboxylic acids is 3. The van der Waals surface area contributed by atoms with Gasteiger partial charge in [-0.25, -0.2) is 4.79 Å². The molecule has 0 unspecified atom stereocenters. The van der Waals surface area contributed by atoms with Crippen LogP contribution in [0.3, 0.4) is 0 Å². The first-order chi connectivity index (χ1) is 10.9. The Morgan fingerprint density at radius 3 is 2.43 bits per heavy atom. The standard InChI is InChI=1S/C17H24N2O4/c1-5-23-17(22)14-8-6-7-9-15(14)19(13(4)20)11-10-16(21)18-12(2)3/h6-9,12H,5,10-11H2,1-4H3,(H,18,21). The molecule has 0 heterocycles. The summed E-state index contributed by atoms with van der Waals surface area (Å²) in [4.78, 5) is 37.2. The Balaban J connectivity index is 2.96. The molecule has 2 amide bonds. The van der Waals surface area contributed by atoms with Crippen molar-refractivity contribution in [2.75, 3.05) is 18.1 Å². The van der Waals surface area contributed by atoms with Crippen LogP contribution in [0.1, 0.15) is 44.5 Å². The lowest BCUT2D eigenvalue weighted by molar-refractivity contribution is -0.121. The van der Waals surface area contributed by atoms with Crippen molar-refractivity contribution >= 4 is 23.5 Å². The fourth-order valence-corrected chi connectivity index (χ4v) is 2.15. The minimum atomic E-state index is -0.485. The van der Waals surface area contributed by atoms with Gasteiger partial charge in [0, 0.05) is 25.9 Å². The van der Waals surface area contributed by atoms with Gasteiger partial charge in [0.05, 0.1) is 17.9 Å². The molecule has 0 aromatic heterocycles. The number of ether oxygens (including phenoxy) is 1. The molecule has 1 aromatic rings. The second-order valence-electron chi connectivity index (χ2n) is 5.38. The molecule has 6 nitrogen and oxygen atoms in total. The maximum Gasteiger partial charge on any atom is 0.340 e. The van der Waals surface area contributed by atoms with E-state index in [-0.39, 0.29) is 37.4 Å². The molecular formula is C17H24N2O4. The average molecular weight is 320 g/mol. The highest BCUT2D eigenvalue weighted by atomic mass is 16.5. The third-order valence-corrected chi connectivity index (χ3v) is 3.08. The predicted octanol–water partition coefficient (Wildman–Crippen LogP) is 2.13. The van der Waals surface area contributed by atoms with Crippen molar-refractivity contribution in [2.24, 2.45) is 0 Å². The van der Waals surface area contributed by atoms with Gasteiger partial charge in [-0.2, -0.15) is 0 Å². The highest BCUT2D eigenvalue weighted by molar-refractivity contribution is 6.02. The molecule has 1 aromatic carbocycles. The summed E-state index contributed by atoms with van der Waals surface area (Å²) in [5, 5.41) is 2.78. The topological polar surface area (TPSA) is 75.7 Å². The van der Waals surface area contributed by atoms with Gasteiger partial charge in [-0.05, 0) is 32.9 Å². The number of esters is 1. The van der Waals surface area contributed by atoms with E-state index in [9.17, 15) is 14.4 Å². The molecule has 0 saturated carbocycles. The first-order valence-corrected chi connectivity index (χ1v) is 7.70. The maximum absolute atomic E-state index is 12.0. The minimum Gasteiger partial charge on any atom is -0.462 e. The molecule has 1 N–H and O–H groups in total. The Morgan fingerprint density at radius 1 is 1.22 bits per heavy atom. The van der Waals surface area contributed by atoms with Crippen LogP contribution in [0, 0.1) is 0 Å². The van der Waals surface area contributed by atoms with Crippen molar-refractivity contribution in [3.63, 3.8) is 0 Å². The molecule has 0 bridgehead atoms. The molecule has 0 atom stereocenters. The smallest absolute Gasteiger partial charge is 0.340 e. The lowest BCUT2D eigenvalue weighted by atomic mass is 10.1. The van der Waals surface area contributed by atoms with Crippen LogP contribution in [-0.2, 0) is 14.3 Å². The summed E-state index contributed by atoms with van der Waals surface area (Å²) in [6.45, 7) is 7.32. The van der Waals surface area contributed by atoms with Crippen molar-refractivity contribution in [3.8, 4) is 0 Å². The van der Waals surface area contributed by atoms with E-state index in [1.807, 2.05) is 13.8 Å². The van der Waals surface area contributed by atoms with Gasteiger partial charge in [0.2, 0.25) is 11.8 Å². The first-order valence-electron chi connectivity index (χ1n) is 7.70. The molecule has 1 rings (SSSR count). The Bertz CT molecular complexity index is 569. The van der Waals surface area contributed by atoms with Crippen molar-refractivity contribution in [2.45, 2.75) is 40.2 Å². The van der Waals surface area contributed by atoms with Crippen molar-refractivity contribution in [1.29, 1.82) is 0 Å². The van der Waals surface area contributed by atoms with Gasteiger partial charge >= 0.3 is 5.97 Å². The largest absolute Gasteiger partial charge is 0.462 e. The number of carbonyl (C=O) groups is 3. The molecule has 0 radical (unpaired) electrons. The number of para-hydroxylation sites is 1. The van der Waals surface area contributed by atoms with Gasteiger partial charge in [0.15, 0.2) is 0 Å². The minimum absolute atomic E-state index is 0.0418. The third-order valence-electron chi connectivity index (χ3n) is 3.08. The zero-order valence-corrected chi connectivity index (χ0v) is 14.1. The number of hydrogen-bond acceptors (Lipinski definition) is 4. The van der Waals surface area contributed by atoms with E-state index in [1.54, 1.807) is 31.2 Å². The van der Waals surface area contributed by atoms with Crippen LogP contribution in [0.5, 0.6) is 0 Å². The SMILES string of the molecule is CCOC(=O)c1ccccc1N(CCC(=O)NC(C)C)C(C)=O. The molecule has 23 heavy (non-hydrogen) atoms. The monoisotopic (exact) mass is 320 g/mol. The Hall–Kier alpha value is -2.37. The van der Waals surface area contributed by atoms with E-state index in [2.05, 4.69) is 5.32 Å². The van der Waals surface area contributed by atoms with Crippen LogP contribution in [-0.4, -0.2) is 37.0 Å². The first kappa shape index (κ1) is 18.7. The highest BCUT2D eigenvalue weighted by Crippen LogP contribution is 2.22. The van der Waals surface area contributed by atoms with E-state index < -0.39 is 5.97 Å². The summed E-state index contributed by atoms with van der Waals surface area (Å²) >= 11 is 0. The number of hydrogen-bond donors (Lipinski definition) is 1. The summed E-state index contributed by atoms with van der Waals surface area (Å²) in [6.07, 6.45) is 0.162. The number of nitrogens with zero attached hydrogens (tertiary/aromatic N) is 1. The molecule has 0 fully saturated rings. The van der Waals surface area contributed by atoms with Crippen molar-refractivity contribution in [1.82, 2.24) is 5.32 Å². The van der Waals surface area contributed by atoms with Crippen LogP contribution in [0.25, 0.3) is 0 Å². The third kappa shape index (κ3) is 5.73. The van der Waals surface area contributed by atoms with Gasteiger partial charge in [-0.15, -0.1) is 0 Å². The summed E-state index contributed by atoms with van der Waals surface area (Å²) in [6, 6.07) is 6.77. The summed E-state index contributed by atoms with van der Waals surface area (Å²) in [5.74, 6) is -0.861. The van der Waals surface area contributed by atoms with E-state index in [0.29, 0.717) is 11.3 Å². The molecule has 0 aliphatic heterocycles. The van der Waals surface area contributed by atoms with Gasteiger partial charge in [-0.1, -0.05) is 12.1 Å². The van der Waals surface area contributed by atoms with Crippen LogP contribution in [0.2, 0.25) is 0 Å². The second-order valence-corrected chi connectivity index (χ2v) is 5.38. The molecule has 0 saturated heterocycles. The molecule has 6 heteroatoms. The second kappa shape index (κ2) is 8.92. The maximum atomic E-state index is 12.0. The fourth-order valence-electron chi connectivity index (χ4n) is 2.15. The zero-order chi connectivity index (χ0) is 17.4. The fraction of sp³-hybridized carbons (Fsp3) is 0.471. The highest BCUT2D eigenvalue weighted by Gasteiger charge is 2.20. The van der Waals surface area contributed by atoms with E-state index in [4.69, 9.17) is 4.74 Å². The lowest BCUT2D eigenvalue weighted by Crippen LogP contribution is -2.36. The van der Waals surface area contributed by atoms with E-state index in [1.165, 1.54) is 11.8 Å². The number of amides is 2. The zero-order valence-electron chi connectivity index (χ0n) is 14.1. The molecule has 0 aliphatic carbocycles. The lowest BCUT2D eigenvalue weighted by Gasteiger charge is -2.23. The quantitative estimate of drug-likeness (QED) is 0.781. The van der Waals surface area contributed by atoms with Gasteiger partial charge in [-0.3, -0.25) is 9.59 Å². The Morgan fingerprint density at radius 2 is 1.87 bits per heavy atom. The number of anilines is 1. The van der Waals surface area contributed by atoms with E-state index in [0.717, 1.165) is 0 Å². The number of nitrogens with one attached hydrogen (secondary N) is 1. The molecular weight excluding hydrogens is 296 g/mol. The van der Waals surface area contributed by atoms with Crippen LogP contribution in [0.4, 0.5) is 5.69 Å². The number of benzene rings is 1. The number of rotatable bonds is 7. The van der Waals surface area contributed by atoms with Crippen LogP contribution < -0.4 is 10.2 Å². The van der Waals surface area contributed by atoms with Crippen molar-refractivity contribution < 1.29 is 19.1 Å². The summed E-state index contributed by atoms with van der Waals surface area (Å²) in [5.41, 5.74) is 0.768. The molecule has 0 spiro atoms. The van der Waals surface area contributed by atoms with Gasteiger partial charge in [0.25, 0.3) is 0 Å². The predicted molar refractivity (Wildman–Crippen MR) is 88.3 cm³/mol. The summed E-state index contributed by atoms with van der Waals surface area (Å²) < 4.78 is 5.02.